The summed E-state index contributed by atoms with van der Waals surface area (Å²) in [5, 5.41) is 4.36. The average molecular weight is 278 g/mol. The molecule has 102 valence electrons. The topological polar surface area (TPSA) is 29.9 Å². The van der Waals surface area contributed by atoms with Crippen molar-refractivity contribution < 1.29 is 0 Å². The molecule has 2 heterocycles. The number of hydrogen-bond donors (Lipinski definition) is 1. The number of aromatic nitrogens is 2. The Morgan fingerprint density at radius 3 is 3.11 bits per heavy atom. The van der Waals surface area contributed by atoms with Gasteiger partial charge in [-0.2, -0.15) is 0 Å². The molecule has 0 amide bonds. The van der Waals surface area contributed by atoms with Gasteiger partial charge in [0.2, 0.25) is 0 Å². The van der Waals surface area contributed by atoms with Crippen LogP contribution >= 0.6 is 11.6 Å². The molecule has 19 heavy (non-hydrogen) atoms. The molecule has 1 N–H and O–H groups in total. The molecule has 1 fully saturated rings. The van der Waals surface area contributed by atoms with Crippen LogP contribution in [0.15, 0.2) is 18.2 Å². The minimum absolute atomic E-state index is 0.575. The Bertz CT molecular complexity index is 570. The second kappa shape index (κ2) is 5.51. The zero-order valence-corrected chi connectivity index (χ0v) is 12.1. The number of benzene rings is 1. The number of hydrogen-bond acceptors (Lipinski definition) is 2. The Labute approximate surface area is 119 Å². The van der Waals surface area contributed by atoms with Crippen molar-refractivity contribution in [1.29, 1.82) is 0 Å². The van der Waals surface area contributed by atoms with Crippen molar-refractivity contribution in [3.8, 4) is 0 Å². The van der Waals surface area contributed by atoms with E-state index in [0.717, 1.165) is 42.0 Å². The van der Waals surface area contributed by atoms with Crippen LogP contribution < -0.4 is 5.32 Å². The number of para-hydroxylation sites is 1. The normalized spacial score (nSPS) is 19.4. The maximum absolute atomic E-state index is 6.35. The Morgan fingerprint density at radius 1 is 1.47 bits per heavy atom. The van der Waals surface area contributed by atoms with E-state index in [0.29, 0.717) is 6.04 Å². The van der Waals surface area contributed by atoms with Crippen molar-refractivity contribution in [1.82, 2.24) is 14.9 Å². The average Bonchev–Trinajstić information content (AvgIpc) is 3.00. The largest absolute Gasteiger partial charge is 0.327 e. The maximum Gasteiger partial charge on any atom is 0.111 e. The summed E-state index contributed by atoms with van der Waals surface area (Å²) in [4.78, 5) is 4.79. The summed E-state index contributed by atoms with van der Waals surface area (Å²) < 4.78 is 2.30. The molecule has 1 aromatic heterocycles. The molecule has 1 aliphatic rings. The third-order valence-corrected chi connectivity index (χ3v) is 4.14. The second-order valence-electron chi connectivity index (χ2n) is 5.28. The molecule has 1 unspecified atom stereocenters. The van der Waals surface area contributed by atoms with Gasteiger partial charge in [-0.25, -0.2) is 4.98 Å². The third-order valence-electron chi connectivity index (χ3n) is 3.84. The number of imidazole rings is 1. The van der Waals surface area contributed by atoms with Crippen LogP contribution in [0.1, 0.15) is 32.0 Å². The predicted molar refractivity (Wildman–Crippen MR) is 79.8 cm³/mol. The summed E-state index contributed by atoms with van der Waals surface area (Å²) in [5.41, 5.74) is 2.12. The van der Waals surface area contributed by atoms with Gasteiger partial charge >= 0.3 is 0 Å². The predicted octanol–water partition coefficient (Wildman–Crippen LogP) is 3.39. The summed E-state index contributed by atoms with van der Waals surface area (Å²) in [6.07, 6.45) is 4.63. The van der Waals surface area contributed by atoms with Crippen LogP contribution in [-0.4, -0.2) is 22.1 Å². The molecule has 0 aliphatic carbocycles. The molecule has 1 aromatic carbocycles. The molecular weight excluding hydrogens is 258 g/mol. The lowest BCUT2D eigenvalue weighted by molar-refractivity contribution is 0.556. The van der Waals surface area contributed by atoms with Gasteiger partial charge in [0.1, 0.15) is 5.82 Å². The first-order valence-corrected chi connectivity index (χ1v) is 7.54. The van der Waals surface area contributed by atoms with Crippen LogP contribution in [0.25, 0.3) is 11.0 Å². The van der Waals surface area contributed by atoms with E-state index in [9.17, 15) is 0 Å². The van der Waals surface area contributed by atoms with Gasteiger partial charge in [0.05, 0.1) is 16.1 Å². The fraction of sp³-hybridized carbons (Fsp3) is 0.533. The van der Waals surface area contributed by atoms with Crippen molar-refractivity contribution >= 4 is 22.6 Å². The van der Waals surface area contributed by atoms with E-state index < -0.39 is 0 Å². The van der Waals surface area contributed by atoms with E-state index in [4.69, 9.17) is 16.6 Å². The van der Waals surface area contributed by atoms with Gasteiger partial charge in [-0.1, -0.05) is 24.6 Å². The highest BCUT2D eigenvalue weighted by Gasteiger charge is 2.19. The molecule has 1 atom stereocenters. The molecule has 0 spiro atoms. The minimum Gasteiger partial charge on any atom is -0.327 e. The first-order valence-electron chi connectivity index (χ1n) is 7.16. The number of nitrogens with zero attached hydrogens (tertiary/aromatic N) is 2. The van der Waals surface area contributed by atoms with Crippen molar-refractivity contribution in [3.63, 3.8) is 0 Å². The Kier molecular flexibility index (Phi) is 3.76. The first-order chi connectivity index (χ1) is 9.29. The van der Waals surface area contributed by atoms with Gasteiger partial charge in [-0.15, -0.1) is 0 Å². The van der Waals surface area contributed by atoms with Gasteiger partial charge in [-0.3, -0.25) is 0 Å². The number of aryl methyl sites for hydroxylation is 1. The standard InChI is InChI=1S/C15H20ClN3/c1-2-9-19-14(10-11-5-4-8-17-11)18-13-7-3-6-12(16)15(13)19/h3,6-7,11,17H,2,4-5,8-10H2,1H3. The molecular formula is C15H20ClN3. The van der Waals surface area contributed by atoms with Crippen LogP contribution in [0.2, 0.25) is 5.02 Å². The van der Waals surface area contributed by atoms with Crippen molar-refractivity contribution in [2.75, 3.05) is 6.54 Å². The summed E-state index contributed by atoms with van der Waals surface area (Å²) in [5.74, 6) is 1.17. The zero-order valence-electron chi connectivity index (χ0n) is 11.3. The van der Waals surface area contributed by atoms with Crippen LogP contribution in [0, 0.1) is 0 Å². The zero-order chi connectivity index (χ0) is 13.2. The molecule has 3 nitrogen and oxygen atoms in total. The number of rotatable bonds is 4. The van der Waals surface area contributed by atoms with Crippen LogP contribution in [0.5, 0.6) is 0 Å². The molecule has 4 heteroatoms. The minimum atomic E-state index is 0.575. The van der Waals surface area contributed by atoms with Crippen LogP contribution in [0.4, 0.5) is 0 Å². The summed E-state index contributed by atoms with van der Waals surface area (Å²) >= 11 is 6.35. The number of fused-ring (bicyclic) bond motifs is 1. The van der Waals surface area contributed by atoms with E-state index >= 15 is 0 Å². The molecule has 0 radical (unpaired) electrons. The monoisotopic (exact) mass is 277 g/mol. The number of nitrogens with one attached hydrogen (secondary N) is 1. The Morgan fingerprint density at radius 2 is 2.37 bits per heavy atom. The molecule has 2 aromatic rings. The van der Waals surface area contributed by atoms with Gasteiger partial charge < -0.3 is 9.88 Å². The van der Waals surface area contributed by atoms with E-state index in [1.807, 2.05) is 12.1 Å². The first kappa shape index (κ1) is 12.9. The van der Waals surface area contributed by atoms with Crippen LogP contribution in [-0.2, 0) is 13.0 Å². The van der Waals surface area contributed by atoms with E-state index in [2.05, 4.69) is 22.9 Å². The van der Waals surface area contributed by atoms with E-state index in [-0.39, 0.29) is 0 Å². The second-order valence-corrected chi connectivity index (χ2v) is 5.69. The Hall–Kier alpha value is -1.06. The fourth-order valence-corrected chi connectivity index (χ4v) is 3.23. The van der Waals surface area contributed by atoms with Crippen molar-refractivity contribution in [3.05, 3.63) is 29.0 Å². The molecule has 0 saturated carbocycles. The number of halogens is 1. The van der Waals surface area contributed by atoms with Gasteiger partial charge in [0, 0.05) is 19.0 Å². The summed E-state index contributed by atoms with van der Waals surface area (Å²) in [7, 11) is 0. The third kappa shape index (κ3) is 2.49. The highest BCUT2D eigenvalue weighted by Crippen LogP contribution is 2.26. The fourth-order valence-electron chi connectivity index (χ4n) is 2.96. The lowest BCUT2D eigenvalue weighted by Crippen LogP contribution is -2.25. The van der Waals surface area contributed by atoms with Crippen LogP contribution in [0.3, 0.4) is 0 Å². The smallest absolute Gasteiger partial charge is 0.111 e. The van der Waals surface area contributed by atoms with Gasteiger partial charge in [0.15, 0.2) is 0 Å². The highest BCUT2D eigenvalue weighted by molar-refractivity contribution is 6.35. The lowest BCUT2D eigenvalue weighted by atomic mass is 10.1. The molecule has 1 aliphatic heterocycles. The SMILES string of the molecule is CCCn1c(CC2CCCN2)nc2cccc(Cl)c21. The van der Waals surface area contributed by atoms with Crippen molar-refractivity contribution in [2.45, 2.75) is 45.2 Å². The summed E-state index contributed by atoms with van der Waals surface area (Å²) in [6, 6.07) is 6.56. The Balaban J connectivity index is 2.01. The molecule has 3 rings (SSSR count). The highest BCUT2D eigenvalue weighted by atomic mass is 35.5. The van der Waals surface area contributed by atoms with Gasteiger partial charge in [-0.05, 0) is 37.9 Å². The molecule has 1 saturated heterocycles. The van der Waals surface area contributed by atoms with Gasteiger partial charge in [0.25, 0.3) is 0 Å². The quantitative estimate of drug-likeness (QED) is 0.928. The lowest BCUT2D eigenvalue weighted by Gasteiger charge is -2.12. The summed E-state index contributed by atoms with van der Waals surface area (Å²) in [6.45, 7) is 4.32. The maximum atomic E-state index is 6.35. The van der Waals surface area contributed by atoms with Crippen molar-refractivity contribution in [2.24, 2.45) is 0 Å². The molecule has 0 bridgehead atoms. The van der Waals surface area contributed by atoms with E-state index in [1.165, 1.54) is 18.7 Å². The van der Waals surface area contributed by atoms with E-state index in [1.54, 1.807) is 0 Å².